The van der Waals surface area contributed by atoms with Crippen molar-refractivity contribution in [1.29, 1.82) is 0 Å². The molecule has 5 nitrogen and oxygen atoms in total. The van der Waals surface area contributed by atoms with E-state index >= 15 is 0 Å². The Morgan fingerprint density at radius 3 is 2.65 bits per heavy atom. The summed E-state index contributed by atoms with van der Waals surface area (Å²) < 4.78 is 5.86. The van der Waals surface area contributed by atoms with Crippen molar-refractivity contribution in [2.75, 3.05) is 19.7 Å². The smallest absolute Gasteiger partial charge is 0.335 e. The molecule has 2 fully saturated rings. The number of likely N-dealkylation sites (tertiary alicyclic amines) is 1. The van der Waals surface area contributed by atoms with Crippen molar-refractivity contribution < 1.29 is 14.6 Å². The van der Waals surface area contributed by atoms with Crippen LogP contribution in [-0.4, -0.2) is 46.8 Å². The van der Waals surface area contributed by atoms with E-state index in [4.69, 9.17) is 14.8 Å². The van der Waals surface area contributed by atoms with Gasteiger partial charge in [-0.1, -0.05) is 12.1 Å². The van der Waals surface area contributed by atoms with E-state index in [1.807, 2.05) is 12.1 Å². The van der Waals surface area contributed by atoms with E-state index in [0.717, 1.165) is 48.4 Å². The number of ether oxygens (including phenoxy) is 1. The molecule has 4 rings (SSSR count). The molecule has 3 heterocycles. The van der Waals surface area contributed by atoms with Gasteiger partial charge in [-0.25, -0.2) is 9.78 Å². The lowest BCUT2D eigenvalue weighted by molar-refractivity contribution is 0.0303. The van der Waals surface area contributed by atoms with Crippen LogP contribution in [-0.2, 0) is 11.3 Å². The summed E-state index contributed by atoms with van der Waals surface area (Å²) in [6.07, 6.45) is 5.40. The van der Waals surface area contributed by atoms with Gasteiger partial charge in [0.2, 0.25) is 0 Å². The number of hydrogen-bond donors (Lipinski definition) is 1. The summed E-state index contributed by atoms with van der Waals surface area (Å²) in [6.45, 7) is 4.07. The van der Waals surface area contributed by atoms with Crippen LogP contribution >= 0.6 is 11.3 Å². The van der Waals surface area contributed by atoms with Crippen LogP contribution in [0.5, 0.6) is 0 Å². The van der Waals surface area contributed by atoms with E-state index < -0.39 is 5.97 Å². The van der Waals surface area contributed by atoms with E-state index in [9.17, 15) is 4.79 Å². The van der Waals surface area contributed by atoms with Gasteiger partial charge in [0, 0.05) is 24.1 Å². The Labute approximate surface area is 157 Å². The molecule has 0 amide bonds. The Morgan fingerprint density at radius 2 is 2.00 bits per heavy atom. The molecule has 1 atom stereocenters. The summed E-state index contributed by atoms with van der Waals surface area (Å²) in [7, 11) is 0. The molecule has 0 saturated carbocycles. The Kier molecular flexibility index (Phi) is 5.33. The highest BCUT2D eigenvalue weighted by molar-refractivity contribution is 7.13. The predicted octanol–water partition coefficient (Wildman–Crippen LogP) is 3.90. The van der Waals surface area contributed by atoms with Crippen LogP contribution in [0.2, 0.25) is 0 Å². The van der Waals surface area contributed by atoms with Crippen molar-refractivity contribution in [2.45, 2.75) is 38.3 Å². The molecule has 1 aromatic heterocycles. The lowest BCUT2D eigenvalue weighted by Crippen LogP contribution is -2.37. The average Bonchev–Trinajstić information content (AvgIpc) is 3.35. The van der Waals surface area contributed by atoms with Crippen LogP contribution in [0.4, 0.5) is 0 Å². The molecule has 138 valence electrons. The molecule has 0 aliphatic carbocycles. The average molecular weight is 372 g/mol. The van der Waals surface area contributed by atoms with Gasteiger partial charge in [0.25, 0.3) is 0 Å². The summed E-state index contributed by atoms with van der Waals surface area (Å²) in [4.78, 5) is 18.2. The predicted molar refractivity (Wildman–Crippen MR) is 101 cm³/mol. The Morgan fingerprint density at radius 1 is 1.23 bits per heavy atom. The molecule has 2 aliphatic rings. The third-order valence-electron chi connectivity index (χ3n) is 5.44. The molecule has 26 heavy (non-hydrogen) atoms. The number of hydrogen-bond acceptors (Lipinski definition) is 5. The standard InChI is InChI=1S/C20H24N2O3S/c23-20(24)16-5-3-15(4-6-16)19-21-17(13-26-19)12-22-9-7-14(8-10-22)18-2-1-11-25-18/h3-6,13-14,18H,1-2,7-12H2,(H,23,24). The lowest BCUT2D eigenvalue weighted by Gasteiger charge is -2.34. The van der Waals surface area contributed by atoms with Crippen molar-refractivity contribution in [3.8, 4) is 10.6 Å². The Hall–Kier alpha value is -1.76. The quantitative estimate of drug-likeness (QED) is 0.862. The summed E-state index contributed by atoms with van der Waals surface area (Å²) in [6, 6.07) is 6.93. The lowest BCUT2D eigenvalue weighted by atomic mass is 9.90. The zero-order chi connectivity index (χ0) is 17.9. The van der Waals surface area contributed by atoms with Crippen LogP contribution in [0.1, 0.15) is 41.7 Å². The number of thiazole rings is 1. The van der Waals surface area contributed by atoms with Crippen molar-refractivity contribution in [3.05, 3.63) is 40.9 Å². The van der Waals surface area contributed by atoms with E-state index in [0.29, 0.717) is 11.7 Å². The Balaban J connectivity index is 1.33. The van der Waals surface area contributed by atoms with Gasteiger partial charge >= 0.3 is 5.97 Å². The number of carbonyl (C=O) groups is 1. The number of carboxylic acid groups (broad SMARTS) is 1. The fourth-order valence-electron chi connectivity index (χ4n) is 3.95. The zero-order valence-corrected chi connectivity index (χ0v) is 15.6. The summed E-state index contributed by atoms with van der Waals surface area (Å²) in [5.74, 6) is -0.171. The fraction of sp³-hybridized carbons (Fsp3) is 0.500. The fourth-order valence-corrected chi connectivity index (χ4v) is 4.77. The minimum atomic E-state index is -0.900. The van der Waals surface area contributed by atoms with Gasteiger partial charge in [0.1, 0.15) is 5.01 Å². The number of rotatable bonds is 5. The molecule has 6 heteroatoms. The van der Waals surface area contributed by atoms with Crippen molar-refractivity contribution in [2.24, 2.45) is 5.92 Å². The van der Waals surface area contributed by atoms with Gasteiger partial charge in [-0.3, -0.25) is 4.90 Å². The van der Waals surface area contributed by atoms with Crippen molar-refractivity contribution >= 4 is 17.3 Å². The summed E-state index contributed by atoms with van der Waals surface area (Å²) >= 11 is 1.62. The molecule has 1 N–H and O–H groups in total. The first-order valence-electron chi connectivity index (χ1n) is 9.31. The van der Waals surface area contributed by atoms with Crippen LogP contribution in [0, 0.1) is 5.92 Å². The third kappa shape index (κ3) is 3.98. The summed E-state index contributed by atoms with van der Waals surface area (Å²) in [5.41, 5.74) is 2.38. The maximum atomic E-state index is 11.0. The molecule has 1 unspecified atom stereocenters. The van der Waals surface area contributed by atoms with Crippen LogP contribution in [0.3, 0.4) is 0 Å². The van der Waals surface area contributed by atoms with E-state index in [1.54, 1.807) is 23.5 Å². The molecule has 1 aromatic carbocycles. The van der Waals surface area contributed by atoms with Gasteiger partial charge in [0.05, 0.1) is 17.4 Å². The Bertz CT molecular complexity index is 745. The van der Waals surface area contributed by atoms with Gasteiger partial charge < -0.3 is 9.84 Å². The first-order chi connectivity index (χ1) is 12.7. The first-order valence-corrected chi connectivity index (χ1v) is 10.2. The second-order valence-electron chi connectivity index (χ2n) is 7.19. The minimum Gasteiger partial charge on any atom is -0.478 e. The van der Waals surface area contributed by atoms with Gasteiger partial charge in [-0.05, 0) is 56.8 Å². The number of carboxylic acids is 1. The summed E-state index contributed by atoms with van der Waals surface area (Å²) in [5, 5.41) is 12.1. The highest BCUT2D eigenvalue weighted by Gasteiger charge is 2.29. The van der Waals surface area contributed by atoms with Gasteiger partial charge in [0.15, 0.2) is 0 Å². The van der Waals surface area contributed by atoms with Crippen LogP contribution < -0.4 is 0 Å². The van der Waals surface area contributed by atoms with Crippen molar-refractivity contribution in [1.82, 2.24) is 9.88 Å². The number of aromatic nitrogens is 1. The molecular weight excluding hydrogens is 348 g/mol. The maximum absolute atomic E-state index is 11.0. The largest absolute Gasteiger partial charge is 0.478 e. The second kappa shape index (κ2) is 7.86. The van der Waals surface area contributed by atoms with Crippen LogP contribution in [0.25, 0.3) is 10.6 Å². The highest BCUT2D eigenvalue weighted by atomic mass is 32.1. The normalized spacial score (nSPS) is 21.9. The minimum absolute atomic E-state index is 0.305. The number of nitrogens with zero attached hydrogens (tertiary/aromatic N) is 2. The first kappa shape index (κ1) is 17.6. The van der Waals surface area contributed by atoms with Gasteiger partial charge in [-0.2, -0.15) is 0 Å². The van der Waals surface area contributed by atoms with E-state index in [1.165, 1.54) is 25.7 Å². The topological polar surface area (TPSA) is 62.7 Å². The zero-order valence-electron chi connectivity index (χ0n) is 14.8. The molecule has 2 aromatic rings. The number of benzene rings is 1. The van der Waals surface area contributed by atoms with Gasteiger partial charge in [-0.15, -0.1) is 11.3 Å². The monoisotopic (exact) mass is 372 g/mol. The van der Waals surface area contributed by atoms with Crippen LogP contribution in [0.15, 0.2) is 29.6 Å². The molecule has 0 bridgehead atoms. The van der Waals surface area contributed by atoms with Crippen molar-refractivity contribution in [3.63, 3.8) is 0 Å². The van der Waals surface area contributed by atoms with E-state index in [2.05, 4.69) is 10.3 Å². The molecule has 2 aliphatic heterocycles. The second-order valence-corrected chi connectivity index (χ2v) is 8.05. The molecule has 0 spiro atoms. The highest BCUT2D eigenvalue weighted by Crippen LogP contribution is 2.30. The molecule has 0 radical (unpaired) electrons. The third-order valence-corrected chi connectivity index (χ3v) is 6.38. The SMILES string of the molecule is O=C(O)c1ccc(-c2nc(CN3CCC(C4CCCO4)CC3)cs2)cc1. The molecule has 2 saturated heterocycles. The number of piperidine rings is 1. The van der Waals surface area contributed by atoms with E-state index in [-0.39, 0.29) is 0 Å². The molecular formula is C20H24N2O3S. The number of aromatic carboxylic acids is 1. The maximum Gasteiger partial charge on any atom is 0.335 e.